The van der Waals surface area contributed by atoms with Gasteiger partial charge in [0, 0.05) is 23.9 Å². The maximum absolute atomic E-state index is 6.77. The van der Waals surface area contributed by atoms with Crippen molar-refractivity contribution in [1.29, 1.82) is 0 Å². The van der Waals surface area contributed by atoms with E-state index >= 15 is 0 Å². The van der Waals surface area contributed by atoms with E-state index in [1.165, 1.54) is 0 Å². The third-order valence-corrected chi connectivity index (χ3v) is 8.66. The summed E-state index contributed by atoms with van der Waals surface area (Å²) in [5.74, 6) is 0. The van der Waals surface area contributed by atoms with Crippen molar-refractivity contribution in [3.05, 3.63) is 72.8 Å². The third-order valence-electron chi connectivity index (χ3n) is 7.09. The molecule has 1 aliphatic rings. The van der Waals surface area contributed by atoms with E-state index in [-0.39, 0.29) is 0 Å². The second-order valence-electron chi connectivity index (χ2n) is 9.76. The molecule has 0 atom stereocenters. The molecule has 1 fully saturated rings. The van der Waals surface area contributed by atoms with Crippen LogP contribution in [0, 0.1) is 0 Å². The van der Waals surface area contributed by atoms with Crippen molar-refractivity contribution in [2.45, 2.75) is 0 Å². The predicted octanol–water partition coefficient (Wildman–Crippen LogP) is 6.63. The minimum Gasteiger partial charge on any atom is -0.408 e. The SMILES string of the molecule is c1ccc2c(c1)ccc1op(N3CCOCCOCCOCCOCCOCC3)oc3ccc4ccccc4c3c12. The van der Waals surface area contributed by atoms with Crippen molar-refractivity contribution in [2.75, 3.05) is 83.8 Å². The molecule has 9 heteroatoms. The van der Waals surface area contributed by atoms with Crippen LogP contribution in [0.1, 0.15) is 0 Å². The lowest BCUT2D eigenvalue weighted by atomic mass is 9.99. The highest BCUT2D eigenvalue weighted by Gasteiger charge is 2.18. The first kappa shape index (κ1) is 28.2. The van der Waals surface area contributed by atoms with Crippen LogP contribution in [-0.2, 0) is 23.7 Å². The average Bonchev–Trinajstić information content (AvgIpc) is 3.18. The number of rotatable bonds is 1. The maximum atomic E-state index is 6.77. The van der Waals surface area contributed by atoms with Crippen molar-refractivity contribution < 1.29 is 32.1 Å². The zero-order valence-electron chi connectivity index (χ0n) is 23.2. The monoisotopic (exact) mass is 577 g/mol. The highest BCUT2D eigenvalue weighted by molar-refractivity contribution is 7.39. The summed E-state index contributed by atoms with van der Waals surface area (Å²) < 4.78 is 44.3. The average molecular weight is 578 g/mol. The number of hydrogen-bond acceptors (Lipinski definition) is 8. The lowest BCUT2D eigenvalue weighted by molar-refractivity contribution is -0.0114. The summed E-state index contributed by atoms with van der Waals surface area (Å²) in [7, 11) is -1.50. The molecule has 0 N–H and O–H groups in total. The number of fused-ring (bicyclic) bond motifs is 7. The molecule has 2 heterocycles. The van der Waals surface area contributed by atoms with Crippen LogP contribution in [0.4, 0.5) is 0 Å². The van der Waals surface area contributed by atoms with Crippen molar-refractivity contribution in [3.8, 4) is 0 Å². The molecule has 0 radical (unpaired) electrons. The Bertz CT molecular complexity index is 1510. The number of benzene rings is 4. The zero-order chi connectivity index (χ0) is 27.7. The Labute approximate surface area is 240 Å². The molecule has 41 heavy (non-hydrogen) atoms. The Balaban J connectivity index is 1.40. The normalized spacial score (nSPS) is 18.0. The Kier molecular flexibility index (Phi) is 9.83. The molecule has 1 aliphatic heterocycles. The van der Waals surface area contributed by atoms with Crippen LogP contribution in [0.5, 0.6) is 0 Å². The lowest BCUT2D eigenvalue weighted by Crippen LogP contribution is -2.29. The van der Waals surface area contributed by atoms with Gasteiger partial charge in [-0.15, -0.1) is 0 Å². The van der Waals surface area contributed by atoms with Crippen LogP contribution in [-0.4, -0.2) is 79.2 Å². The van der Waals surface area contributed by atoms with E-state index in [9.17, 15) is 0 Å². The highest BCUT2D eigenvalue weighted by Crippen LogP contribution is 2.41. The van der Waals surface area contributed by atoms with Crippen molar-refractivity contribution in [2.24, 2.45) is 0 Å². The third kappa shape index (κ3) is 6.93. The Morgan fingerprint density at radius 2 is 0.829 bits per heavy atom. The second-order valence-corrected chi connectivity index (χ2v) is 11.2. The van der Waals surface area contributed by atoms with Crippen LogP contribution in [0.15, 0.2) is 81.2 Å². The molecular weight excluding hydrogens is 541 g/mol. The van der Waals surface area contributed by atoms with Gasteiger partial charge in [0.05, 0.1) is 66.1 Å². The topological polar surface area (TPSA) is 75.7 Å². The molecule has 0 aliphatic carbocycles. The first-order valence-corrected chi connectivity index (χ1v) is 15.3. The minimum absolute atomic E-state index is 0.511. The Morgan fingerprint density at radius 1 is 0.439 bits per heavy atom. The van der Waals surface area contributed by atoms with Gasteiger partial charge < -0.3 is 32.1 Å². The smallest absolute Gasteiger partial charge is 0.309 e. The molecule has 1 aromatic heterocycles. The molecule has 5 aromatic rings. The second kappa shape index (κ2) is 14.3. The first-order chi connectivity index (χ1) is 20.4. The fraction of sp³-hybridized carbons (Fsp3) is 0.375. The van der Waals surface area contributed by atoms with E-state index in [1.54, 1.807) is 0 Å². The Morgan fingerprint density at radius 3 is 1.27 bits per heavy atom. The van der Waals surface area contributed by atoms with Crippen LogP contribution >= 0.6 is 8.16 Å². The van der Waals surface area contributed by atoms with Gasteiger partial charge in [0.25, 0.3) is 0 Å². The van der Waals surface area contributed by atoms with Gasteiger partial charge >= 0.3 is 8.16 Å². The van der Waals surface area contributed by atoms with Gasteiger partial charge in [-0.25, -0.2) is 0 Å². The van der Waals surface area contributed by atoms with Gasteiger partial charge in [-0.3, -0.25) is 0 Å². The lowest BCUT2D eigenvalue weighted by Gasteiger charge is -2.19. The molecule has 0 saturated carbocycles. The largest absolute Gasteiger partial charge is 0.408 e. The van der Waals surface area contributed by atoms with Gasteiger partial charge in [0.1, 0.15) is 11.2 Å². The Hall–Kier alpha value is -2.94. The minimum atomic E-state index is -1.50. The van der Waals surface area contributed by atoms with Crippen LogP contribution in [0.25, 0.3) is 43.5 Å². The number of ether oxygens (including phenoxy) is 5. The van der Waals surface area contributed by atoms with Crippen LogP contribution in [0.3, 0.4) is 0 Å². The molecule has 0 amide bonds. The van der Waals surface area contributed by atoms with Crippen molar-refractivity contribution in [3.63, 3.8) is 0 Å². The molecule has 216 valence electrons. The predicted molar refractivity (Wildman–Crippen MR) is 163 cm³/mol. The molecule has 6 rings (SSSR count). The molecule has 0 unspecified atom stereocenters. The number of hydrogen-bond donors (Lipinski definition) is 0. The van der Waals surface area contributed by atoms with Gasteiger partial charge in [-0.1, -0.05) is 60.7 Å². The summed E-state index contributed by atoms with van der Waals surface area (Å²) in [6, 6.07) is 25.3. The first-order valence-electron chi connectivity index (χ1n) is 14.2. The maximum Gasteiger partial charge on any atom is 0.309 e. The van der Waals surface area contributed by atoms with Crippen LogP contribution in [0.2, 0.25) is 0 Å². The summed E-state index contributed by atoms with van der Waals surface area (Å²) in [6.45, 7) is 6.50. The number of nitrogens with zero attached hydrogens (tertiary/aromatic N) is 1. The summed E-state index contributed by atoms with van der Waals surface area (Å²) in [6.07, 6.45) is 0. The fourth-order valence-electron chi connectivity index (χ4n) is 5.07. The van der Waals surface area contributed by atoms with E-state index in [0.717, 1.165) is 43.5 Å². The molecule has 0 spiro atoms. The zero-order valence-corrected chi connectivity index (χ0v) is 24.1. The standard InChI is InChI=1S/C32H36NO7P/c1-3-7-27-25(5-1)9-11-29-31(27)32-28-8-4-2-6-26(28)10-12-30(32)40-41(39-29)33-13-15-34-17-19-36-21-23-38-24-22-37-20-18-35-16-14-33/h1-12H,13-24H2. The van der Waals surface area contributed by atoms with E-state index in [2.05, 4.69) is 77.5 Å². The van der Waals surface area contributed by atoms with Gasteiger partial charge in [-0.05, 0) is 33.7 Å². The molecular formula is C32H36NO7P. The van der Waals surface area contributed by atoms with Gasteiger partial charge in [-0.2, -0.15) is 4.67 Å². The van der Waals surface area contributed by atoms with Gasteiger partial charge in [0.2, 0.25) is 0 Å². The van der Waals surface area contributed by atoms with Crippen LogP contribution < -0.4 is 4.67 Å². The summed E-state index contributed by atoms with van der Waals surface area (Å²) in [5, 5.41) is 6.72. The molecule has 1 saturated heterocycles. The van der Waals surface area contributed by atoms with Crippen molar-refractivity contribution >= 4 is 51.6 Å². The van der Waals surface area contributed by atoms with E-state index in [0.29, 0.717) is 79.2 Å². The summed E-state index contributed by atoms with van der Waals surface area (Å²) >= 11 is 0. The summed E-state index contributed by atoms with van der Waals surface area (Å²) in [5.41, 5.74) is 1.63. The molecule has 8 nitrogen and oxygen atoms in total. The summed E-state index contributed by atoms with van der Waals surface area (Å²) in [4.78, 5) is 0. The molecule has 0 bridgehead atoms. The quantitative estimate of drug-likeness (QED) is 0.220. The van der Waals surface area contributed by atoms with E-state index in [1.807, 2.05) is 0 Å². The van der Waals surface area contributed by atoms with Crippen molar-refractivity contribution in [1.82, 2.24) is 0 Å². The van der Waals surface area contributed by atoms with E-state index < -0.39 is 8.16 Å². The van der Waals surface area contributed by atoms with E-state index in [4.69, 9.17) is 32.1 Å². The highest BCUT2D eigenvalue weighted by atomic mass is 31.1. The van der Waals surface area contributed by atoms with Gasteiger partial charge in [0.15, 0.2) is 0 Å². The molecule has 4 aromatic carbocycles. The fourth-order valence-corrected chi connectivity index (χ4v) is 6.47.